The smallest absolute Gasteiger partial charge is 0.308 e. The first-order valence-corrected chi connectivity index (χ1v) is 12.5. The van der Waals surface area contributed by atoms with Crippen LogP contribution in [0.2, 0.25) is 0 Å². The number of hydrogen-bond acceptors (Lipinski definition) is 5. The molecule has 0 N–H and O–H groups in total. The normalized spacial score (nSPS) is 11.2. The van der Waals surface area contributed by atoms with E-state index in [9.17, 15) is 13.2 Å². The number of furan rings is 1. The van der Waals surface area contributed by atoms with Crippen LogP contribution in [0.4, 0.5) is 0 Å². The largest absolute Gasteiger partial charge is 0.467 e. The number of hydrogen-bond donors (Lipinski definition) is 0. The first-order chi connectivity index (χ1) is 16.4. The summed E-state index contributed by atoms with van der Waals surface area (Å²) in [7, 11) is -3.64. The van der Waals surface area contributed by atoms with E-state index in [1.54, 1.807) is 35.4 Å². The highest BCUT2D eigenvalue weighted by molar-refractivity contribution is 7.87. The molecule has 6 nitrogen and oxygen atoms in total. The SMILES string of the molecule is CCS(=O)(=O)Oc1cccc(CN(Cc2ccco2)C(=O)c2ccc(-c3ccccc3)cc2)c1. The molecule has 34 heavy (non-hydrogen) atoms. The van der Waals surface area contributed by atoms with Gasteiger partial charge >= 0.3 is 10.1 Å². The molecule has 0 spiro atoms. The number of nitrogens with zero attached hydrogens (tertiary/aromatic N) is 1. The Morgan fingerprint density at radius 2 is 1.59 bits per heavy atom. The Morgan fingerprint density at radius 1 is 0.853 bits per heavy atom. The Hall–Kier alpha value is -3.84. The molecule has 0 fully saturated rings. The van der Waals surface area contributed by atoms with Crippen molar-refractivity contribution < 1.29 is 21.8 Å². The van der Waals surface area contributed by atoms with E-state index in [-0.39, 0.29) is 30.5 Å². The number of amides is 1. The van der Waals surface area contributed by atoms with Gasteiger partial charge in [-0.25, -0.2) is 0 Å². The van der Waals surface area contributed by atoms with Gasteiger partial charge in [0, 0.05) is 12.1 Å². The highest BCUT2D eigenvalue weighted by Crippen LogP contribution is 2.22. The molecule has 0 aliphatic carbocycles. The van der Waals surface area contributed by atoms with Crippen LogP contribution in [-0.2, 0) is 23.2 Å². The summed E-state index contributed by atoms with van der Waals surface area (Å²) >= 11 is 0. The maximum atomic E-state index is 13.4. The predicted molar refractivity (Wildman–Crippen MR) is 131 cm³/mol. The zero-order chi connectivity index (χ0) is 24.0. The average Bonchev–Trinajstić information content (AvgIpc) is 3.37. The van der Waals surface area contributed by atoms with Gasteiger partial charge in [0.1, 0.15) is 11.5 Å². The number of rotatable bonds is 9. The van der Waals surface area contributed by atoms with Gasteiger partial charge in [0.2, 0.25) is 0 Å². The third-order valence-electron chi connectivity index (χ3n) is 5.30. The Morgan fingerprint density at radius 3 is 2.26 bits per heavy atom. The zero-order valence-corrected chi connectivity index (χ0v) is 19.6. The van der Waals surface area contributed by atoms with E-state index < -0.39 is 10.1 Å². The number of carbonyl (C=O) groups excluding carboxylic acids is 1. The average molecular weight is 476 g/mol. The van der Waals surface area contributed by atoms with Crippen molar-refractivity contribution >= 4 is 16.0 Å². The standard InChI is InChI=1S/C27H25NO5S/c1-2-34(30,31)33-25-11-6-8-21(18-25)19-28(20-26-12-7-17-32-26)27(29)24-15-13-23(14-16-24)22-9-4-3-5-10-22/h3-18H,2,19-20H2,1H3. The summed E-state index contributed by atoms with van der Waals surface area (Å²) in [6, 6.07) is 27.8. The molecule has 0 saturated carbocycles. The van der Waals surface area contributed by atoms with E-state index in [1.807, 2.05) is 66.7 Å². The first-order valence-electron chi connectivity index (χ1n) is 10.9. The highest BCUT2D eigenvalue weighted by atomic mass is 32.2. The van der Waals surface area contributed by atoms with Crippen molar-refractivity contribution in [3.63, 3.8) is 0 Å². The summed E-state index contributed by atoms with van der Waals surface area (Å²) in [5.41, 5.74) is 3.39. The van der Waals surface area contributed by atoms with Crippen LogP contribution in [0.1, 0.15) is 28.6 Å². The van der Waals surface area contributed by atoms with Crippen LogP contribution < -0.4 is 4.18 Å². The Balaban J connectivity index is 1.57. The summed E-state index contributed by atoms with van der Waals surface area (Å²) in [5, 5.41) is 0. The topological polar surface area (TPSA) is 76.8 Å². The van der Waals surface area contributed by atoms with Gasteiger partial charge in [0.05, 0.1) is 18.6 Å². The van der Waals surface area contributed by atoms with E-state index in [0.717, 1.165) is 16.7 Å². The molecule has 1 amide bonds. The zero-order valence-electron chi connectivity index (χ0n) is 18.8. The molecule has 0 aliphatic heterocycles. The van der Waals surface area contributed by atoms with Gasteiger partial charge in [-0.2, -0.15) is 8.42 Å². The predicted octanol–water partition coefficient (Wildman–Crippen LogP) is 5.52. The van der Waals surface area contributed by atoms with E-state index in [4.69, 9.17) is 8.60 Å². The lowest BCUT2D eigenvalue weighted by molar-refractivity contribution is 0.0717. The summed E-state index contributed by atoms with van der Waals surface area (Å²) in [5.74, 6) is 0.579. The molecule has 4 rings (SSSR count). The van der Waals surface area contributed by atoms with Crippen molar-refractivity contribution in [2.45, 2.75) is 20.0 Å². The summed E-state index contributed by atoms with van der Waals surface area (Å²) in [6.07, 6.45) is 1.57. The maximum Gasteiger partial charge on any atom is 0.308 e. The Kier molecular flexibility index (Phi) is 7.13. The van der Waals surface area contributed by atoms with Gasteiger partial charge in [-0.15, -0.1) is 0 Å². The molecule has 0 aliphatic rings. The van der Waals surface area contributed by atoms with Gasteiger partial charge in [0.15, 0.2) is 0 Å². The fourth-order valence-corrected chi connectivity index (χ4v) is 4.04. The molecular weight excluding hydrogens is 450 g/mol. The maximum absolute atomic E-state index is 13.4. The molecule has 4 aromatic rings. The lowest BCUT2D eigenvalue weighted by Gasteiger charge is -2.22. The van der Waals surface area contributed by atoms with Crippen molar-refractivity contribution in [1.29, 1.82) is 0 Å². The second-order valence-corrected chi connectivity index (χ2v) is 9.62. The van der Waals surface area contributed by atoms with Gasteiger partial charge < -0.3 is 13.5 Å². The van der Waals surface area contributed by atoms with E-state index >= 15 is 0 Å². The molecule has 0 atom stereocenters. The molecule has 0 unspecified atom stereocenters. The van der Waals surface area contributed by atoms with Gasteiger partial charge in [-0.05, 0) is 60.0 Å². The van der Waals surface area contributed by atoms with Crippen LogP contribution in [0.5, 0.6) is 5.75 Å². The fraction of sp³-hybridized carbons (Fsp3) is 0.148. The van der Waals surface area contributed by atoms with Crippen LogP contribution >= 0.6 is 0 Å². The fourth-order valence-electron chi connectivity index (χ4n) is 3.53. The van der Waals surface area contributed by atoms with E-state index in [0.29, 0.717) is 11.3 Å². The lowest BCUT2D eigenvalue weighted by Crippen LogP contribution is -2.30. The van der Waals surface area contributed by atoms with Crippen LogP contribution in [0, 0.1) is 0 Å². The van der Waals surface area contributed by atoms with E-state index in [2.05, 4.69) is 0 Å². The van der Waals surface area contributed by atoms with Gasteiger partial charge in [0.25, 0.3) is 5.91 Å². The Bertz CT molecular complexity index is 1330. The van der Waals surface area contributed by atoms with Crippen LogP contribution in [0.15, 0.2) is 102 Å². The molecule has 3 aromatic carbocycles. The van der Waals surface area contributed by atoms with Gasteiger partial charge in [-0.1, -0.05) is 54.6 Å². The molecule has 0 bridgehead atoms. The molecular formula is C27H25NO5S. The third-order valence-corrected chi connectivity index (χ3v) is 6.46. The minimum Gasteiger partial charge on any atom is -0.467 e. The van der Waals surface area contributed by atoms with E-state index in [1.165, 1.54) is 6.92 Å². The summed E-state index contributed by atoms with van der Waals surface area (Å²) in [6.45, 7) is 2.04. The quantitative estimate of drug-likeness (QED) is 0.298. The second kappa shape index (κ2) is 10.4. The Labute approximate surface area is 199 Å². The monoisotopic (exact) mass is 475 g/mol. The molecule has 1 heterocycles. The first kappa shape index (κ1) is 23.3. The van der Waals surface area contributed by atoms with Crippen molar-refractivity contribution in [3.05, 3.63) is 114 Å². The van der Waals surface area contributed by atoms with Crippen molar-refractivity contribution in [2.75, 3.05) is 5.75 Å². The second-order valence-electron chi connectivity index (χ2n) is 7.76. The highest BCUT2D eigenvalue weighted by Gasteiger charge is 2.19. The van der Waals surface area contributed by atoms with Crippen LogP contribution in [-0.4, -0.2) is 25.0 Å². The van der Waals surface area contributed by atoms with Crippen molar-refractivity contribution in [3.8, 4) is 16.9 Å². The molecule has 0 saturated heterocycles. The third kappa shape index (κ3) is 5.94. The minimum atomic E-state index is -3.64. The number of carbonyl (C=O) groups is 1. The molecule has 1 aromatic heterocycles. The summed E-state index contributed by atoms with van der Waals surface area (Å²) in [4.78, 5) is 15.1. The van der Waals surface area contributed by atoms with Gasteiger partial charge in [-0.3, -0.25) is 4.79 Å². The van der Waals surface area contributed by atoms with Crippen molar-refractivity contribution in [2.24, 2.45) is 0 Å². The molecule has 174 valence electrons. The van der Waals surface area contributed by atoms with Crippen molar-refractivity contribution in [1.82, 2.24) is 4.90 Å². The van der Waals surface area contributed by atoms with Crippen LogP contribution in [0.25, 0.3) is 11.1 Å². The minimum absolute atomic E-state index is 0.126. The summed E-state index contributed by atoms with van der Waals surface area (Å²) < 4.78 is 34.3. The lowest BCUT2D eigenvalue weighted by atomic mass is 10.0. The molecule has 7 heteroatoms. The van der Waals surface area contributed by atoms with Crippen LogP contribution in [0.3, 0.4) is 0 Å². The number of benzene rings is 3. The molecule has 0 radical (unpaired) electrons.